The van der Waals surface area contributed by atoms with Crippen molar-refractivity contribution >= 4 is 39.8 Å². The quantitative estimate of drug-likeness (QED) is 0.350. The van der Waals surface area contributed by atoms with Crippen molar-refractivity contribution in [1.29, 1.82) is 0 Å². The van der Waals surface area contributed by atoms with Gasteiger partial charge in [0.05, 0.1) is 12.3 Å². The summed E-state index contributed by atoms with van der Waals surface area (Å²) in [6.45, 7) is 5.29. The number of sulfone groups is 1. The van der Waals surface area contributed by atoms with Gasteiger partial charge in [-0.2, -0.15) is 0 Å². The molecule has 0 saturated heterocycles. The van der Waals surface area contributed by atoms with Gasteiger partial charge in [0.15, 0.2) is 5.96 Å². The lowest BCUT2D eigenvalue weighted by Gasteiger charge is -2.10. The Balaban J connectivity index is 0.00000338. The number of guanidine groups is 1. The molecule has 0 aliphatic carbocycles. The molecule has 0 bridgehead atoms. The third-order valence-electron chi connectivity index (χ3n) is 3.36. The predicted molar refractivity (Wildman–Crippen MR) is 115 cm³/mol. The van der Waals surface area contributed by atoms with Crippen LogP contribution in [0.15, 0.2) is 39.9 Å². The maximum atomic E-state index is 11.2. The number of aromatic nitrogens is 1. The minimum atomic E-state index is -3.00. The van der Waals surface area contributed by atoms with Gasteiger partial charge in [0.2, 0.25) is 5.89 Å². The van der Waals surface area contributed by atoms with Crippen molar-refractivity contribution in [3.63, 3.8) is 0 Å². The van der Waals surface area contributed by atoms with Crippen molar-refractivity contribution < 1.29 is 12.8 Å². The number of nitrogens with zero attached hydrogens (tertiary/aromatic N) is 2. The molecule has 9 heteroatoms. The van der Waals surface area contributed by atoms with Crippen LogP contribution in [0.3, 0.4) is 0 Å². The molecule has 0 fully saturated rings. The fourth-order valence-corrected chi connectivity index (χ4v) is 2.54. The maximum Gasteiger partial charge on any atom is 0.226 e. The monoisotopic (exact) mass is 492 g/mol. The molecule has 2 aromatic rings. The topological polar surface area (TPSA) is 96.6 Å². The minimum Gasteiger partial charge on any atom is -0.444 e. The number of rotatable bonds is 7. The van der Waals surface area contributed by atoms with E-state index in [2.05, 4.69) is 20.6 Å². The van der Waals surface area contributed by atoms with Crippen molar-refractivity contribution in [2.24, 2.45) is 4.99 Å². The highest BCUT2D eigenvalue weighted by molar-refractivity contribution is 14.0. The first kappa shape index (κ1) is 22.4. The summed E-state index contributed by atoms with van der Waals surface area (Å²) in [7, 11) is -3.00. The van der Waals surface area contributed by atoms with Crippen LogP contribution < -0.4 is 10.6 Å². The Morgan fingerprint density at radius 3 is 2.54 bits per heavy atom. The molecule has 144 valence electrons. The van der Waals surface area contributed by atoms with Gasteiger partial charge in [-0.3, -0.25) is 0 Å². The lowest BCUT2D eigenvalue weighted by Crippen LogP contribution is -2.39. The summed E-state index contributed by atoms with van der Waals surface area (Å²) in [4.78, 5) is 8.84. The van der Waals surface area contributed by atoms with E-state index in [-0.39, 0.29) is 29.7 Å². The van der Waals surface area contributed by atoms with E-state index in [0.29, 0.717) is 37.2 Å². The van der Waals surface area contributed by atoms with Gasteiger partial charge in [0, 0.05) is 24.9 Å². The first-order valence-electron chi connectivity index (χ1n) is 8.08. The van der Waals surface area contributed by atoms with Gasteiger partial charge in [0.25, 0.3) is 0 Å². The molecule has 1 aromatic heterocycles. The molecule has 0 aliphatic rings. The number of oxazole rings is 1. The van der Waals surface area contributed by atoms with Crippen molar-refractivity contribution in [2.45, 2.75) is 20.4 Å². The van der Waals surface area contributed by atoms with Crippen LogP contribution in [0.5, 0.6) is 0 Å². The Kier molecular flexibility index (Phi) is 9.06. The zero-order chi connectivity index (χ0) is 18.3. The minimum absolute atomic E-state index is 0. The fourth-order valence-electron chi connectivity index (χ4n) is 2.06. The van der Waals surface area contributed by atoms with Crippen molar-refractivity contribution in [3.8, 4) is 11.5 Å². The summed E-state index contributed by atoms with van der Waals surface area (Å²) in [5.41, 5.74) is 2.80. The Hall–Kier alpha value is -1.62. The standard InChI is InChI=1S/C17H24N4O3S.HI/c1-4-18-17(19-9-10-25(3,22)23)20-11-15-12-24-16(21-15)14-7-5-13(2)6-8-14;/h5-8,12H,4,9-11H2,1-3H3,(H2,18,19,20);1H. The Labute approximate surface area is 171 Å². The third-order valence-corrected chi connectivity index (χ3v) is 4.30. The Morgan fingerprint density at radius 1 is 1.23 bits per heavy atom. The Bertz CT molecular complexity index is 817. The predicted octanol–water partition coefficient (Wildman–Crippen LogP) is 2.37. The van der Waals surface area contributed by atoms with Crippen LogP contribution in [-0.4, -0.2) is 44.5 Å². The van der Waals surface area contributed by atoms with Gasteiger partial charge in [-0.25, -0.2) is 18.4 Å². The highest BCUT2D eigenvalue weighted by Gasteiger charge is 2.07. The van der Waals surface area contributed by atoms with Crippen LogP contribution in [0, 0.1) is 6.92 Å². The molecule has 0 amide bonds. The molecule has 0 radical (unpaired) electrons. The smallest absolute Gasteiger partial charge is 0.226 e. The number of halogens is 1. The van der Waals surface area contributed by atoms with Gasteiger partial charge in [-0.15, -0.1) is 24.0 Å². The van der Waals surface area contributed by atoms with Crippen LogP contribution in [0.1, 0.15) is 18.2 Å². The zero-order valence-electron chi connectivity index (χ0n) is 15.2. The molecule has 26 heavy (non-hydrogen) atoms. The number of benzene rings is 1. The number of hydrogen-bond donors (Lipinski definition) is 2. The van der Waals surface area contributed by atoms with E-state index in [1.165, 1.54) is 11.8 Å². The zero-order valence-corrected chi connectivity index (χ0v) is 18.3. The van der Waals surface area contributed by atoms with Crippen LogP contribution in [0.2, 0.25) is 0 Å². The second-order valence-electron chi connectivity index (χ2n) is 5.76. The molecule has 0 saturated carbocycles. The molecule has 0 spiro atoms. The van der Waals surface area contributed by atoms with Gasteiger partial charge in [0.1, 0.15) is 21.8 Å². The van der Waals surface area contributed by atoms with E-state index in [0.717, 1.165) is 5.56 Å². The van der Waals surface area contributed by atoms with Crippen molar-refractivity contribution in [2.75, 3.05) is 25.1 Å². The molecule has 0 unspecified atom stereocenters. The molecule has 0 atom stereocenters. The van der Waals surface area contributed by atoms with E-state index in [1.807, 2.05) is 38.1 Å². The maximum absolute atomic E-state index is 11.2. The molecule has 7 nitrogen and oxygen atoms in total. The second-order valence-corrected chi connectivity index (χ2v) is 8.02. The third kappa shape index (κ3) is 7.73. The average molecular weight is 492 g/mol. The summed E-state index contributed by atoms with van der Waals surface area (Å²) in [5, 5.41) is 6.06. The van der Waals surface area contributed by atoms with E-state index < -0.39 is 9.84 Å². The summed E-state index contributed by atoms with van der Waals surface area (Å²) in [6, 6.07) is 7.94. The number of aryl methyl sites for hydroxylation is 1. The molecule has 0 aliphatic heterocycles. The fraction of sp³-hybridized carbons (Fsp3) is 0.412. The largest absolute Gasteiger partial charge is 0.444 e. The van der Waals surface area contributed by atoms with E-state index in [9.17, 15) is 8.42 Å². The molecular weight excluding hydrogens is 467 g/mol. The summed E-state index contributed by atoms with van der Waals surface area (Å²) < 4.78 is 27.9. The van der Waals surface area contributed by atoms with Crippen LogP contribution in [0.25, 0.3) is 11.5 Å². The van der Waals surface area contributed by atoms with E-state index in [4.69, 9.17) is 4.42 Å². The summed E-state index contributed by atoms with van der Waals surface area (Å²) >= 11 is 0. The average Bonchev–Trinajstić information content (AvgIpc) is 3.01. The molecule has 2 rings (SSSR count). The molecule has 1 aromatic carbocycles. The lowest BCUT2D eigenvalue weighted by atomic mass is 10.1. The highest BCUT2D eigenvalue weighted by atomic mass is 127. The number of aliphatic imine (C=N–C) groups is 1. The summed E-state index contributed by atoms with van der Waals surface area (Å²) in [5.74, 6) is 1.16. The van der Waals surface area contributed by atoms with Gasteiger partial charge in [-0.05, 0) is 26.0 Å². The van der Waals surface area contributed by atoms with Crippen molar-refractivity contribution in [3.05, 3.63) is 41.8 Å². The van der Waals surface area contributed by atoms with Crippen LogP contribution in [-0.2, 0) is 16.4 Å². The second kappa shape index (κ2) is 10.5. The van der Waals surface area contributed by atoms with Gasteiger partial charge >= 0.3 is 0 Å². The van der Waals surface area contributed by atoms with E-state index in [1.54, 1.807) is 6.26 Å². The first-order chi connectivity index (χ1) is 11.9. The van der Waals surface area contributed by atoms with Gasteiger partial charge < -0.3 is 15.1 Å². The normalized spacial score (nSPS) is 11.7. The molecular formula is C17H25IN4O3S. The van der Waals surface area contributed by atoms with E-state index >= 15 is 0 Å². The van der Waals surface area contributed by atoms with Gasteiger partial charge in [-0.1, -0.05) is 17.7 Å². The van der Waals surface area contributed by atoms with Crippen molar-refractivity contribution in [1.82, 2.24) is 15.6 Å². The number of hydrogen-bond acceptors (Lipinski definition) is 5. The highest BCUT2D eigenvalue weighted by Crippen LogP contribution is 2.19. The number of nitrogens with one attached hydrogen (secondary N) is 2. The van der Waals surface area contributed by atoms with Crippen LogP contribution in [0.4, 0.5) is 0 Å². The first-order valence-corrected chi connectivity index (χ1v) is 10.1. The Morgan fingerprint density at radius 2 is 1.92 bits per heavy atom. The lowest BCUT2D eigenvalue weighted by molar-refractivity contribution is 0.572. The molecule has 1 heterocycles. The van der Waals surface area contributed by atoms with Crippen LogP contribution >= 0.6 is 24.0 Å². The SMILES string of the molecule is CCNC(=NCc1coc(-c2ccc(C)cc2)n1)NCCS(C)(=O)=O.I. The molecule has 2 N–H and O–H groups in total. The summed E-state index contributed by atoms with van der Waals surface area (Å²) in [6.07, 6.45) is 2.79.